The van der Waals surface area contributed by atoms with E-state index in [2.05, 4.69) is 122 Å². The molecule has 0 amide bonds. The van der Waals surface area contributed by atoms with Crippen molar-refractivity contribution in [2.24, 2.45) is 0 Å². The molecule has 0 radical (unpaired) electrons. The molecule has 0 saturated carbocycles. The summed E-state index contributed by atoms with van der Waals surface area (Å²) in [4.78, 5) is 0. The largest absolute Gasteiger partial charge is 0.455 e. The average Bonchev–Trinajstić information content (AvgIpc) is 3.51. The molecule has 7 aromatic rings. The summed E-state index contributed by atoms with van der Waals surface area (Å²) in [7, 11) is 0. The van der Waals surface area contributed by atoms with Crippen LogP contribution in [0, 0.1) is 0 Å². The Hall–Kier alpha value is -4.30. The second-order valence-electron chi connectivity index (χ2n) is 10.1. The van der Waals surface area contributed by atoms with E-state index in [1.165, 1.54) is 60.5 Å². The normalized spacial score (nSPS) is 14.2. The molecule has 0 atom stereocenters. The average molecular weight is 450 g/mol. The molecular formula is C33H23NO. The van der Waals surface area contributed by atoms with E-state index >= 15 is 0 Å². The number of furan rings is 1. The van der Waals surface area contributed by atoms with Crippen LogP contribution in [-0.2, 0) is 5.41 Å². The van der Waals surface area contributed by atoms with Gasteiger partial charge >= 0.3 is 0 Å². The maximum atomic E-state index is 6.71. The molecular weight excluding hydrogens is 426 g/mol. The van der Waals surface area contributed by atoms with Gasteiger partial charge in [0.15, 0.2) is 0 Å². The molecule has 0 fully saturated rings. The quantitative estimate of drug-likeness (QED) is 0.244. The Kier molecular flexibility index (Phi) is 3.50. The minimum absolute atomic E-state index is 0.168. The Balaban J connectivity index is 1.76. The van der Waals surface area contributed by atoms with E-state index in [4.69, 9.17) is 4.42 Å². The molecule has 1 aliphatic carbocycles. The predicted molar refractivity (Wildman–Crippen MR) is 146 cm³/mol. The van der Waals surface area contributed by atoms with E-state index in [0.29, 0.717) is 0 Å². The van der Waals surface area contributed by atoms with E-state index in [-0.39, 0.29) is 5.41 Å². The van der Waals surface area contributed by atoms with Crippen LogP contribution in [-0.4, -0.2) is 4.57 Å². The first-order valence-corrected chi connectivity index (χ1v) is 12.2. The Bertz CT molecular complexity index is 1970. The number of benzene rings is 5. The van der Waals surface area contributed by atoms with Crippen LogP contribution < -0.4 is 0 Å². The highest BCUT2D eigenvalue weighted by molar-refractivity contribution is 6.31. The first-order chi connectivity index (χ1) is 17.2. The molecule has 0 unspecified atom stereocenters. The van der Waals surface area contributed by atoms with Gasteiger partial charge in [-0.25, -0.2) is 0 Å². The smallest absolute Gasteiger partial charge is 0.144 e. The standard InChI is InChI=1S/C33H23NO/c1-33(2)24-17-9-6-14-21(24)29-30(33)31-27(28-23-16-8-11-19-26(23)35-32(28)29)22-15-7-10-18-25(22)34(31)20-12-4-3-5-13-20/h3-19H,1-2H3. The zero-order chi connectivity index (χ0) is 23.3. The summed E-state index contributed by atoms with van der Waals surface area (Å²) in [5.74, 6) is 0. The SMILES string of the molecule is CC1(C)c2ccccc2-c2c1c1c(c3ccccc3n1-c1ccccc1)c1c2oc2ccccc21. The third-order valence-corrected chi connectivity index (χ3v) is 7.94. The van der Waals surface area contributed by atoms with Crippen LogP contribution in [0.25, 0.3) is 60.6 Å². The lowest BCUT2D eigenvalue weighted by molar-refractivity contribution is 0.656. The van der Waals surface area contributed by atoms with Crippen molar-refractivity contribution in [1.29, 1.82) is 0 Å². The van der Waals surface area contributed by atoms with E-state index in [0.717, 1.165) is 11.2 Å². The Morgan fingerprint density at radius 3 is 2.20 bits per heavy atom. The number of fused-ring (bicyclic) bond motifs is 12. The monoisotopic (exact) mass is 449 g/mol. The molecule has 5 aromatic carbocycles. The summed E-state index contributed by atoms with van der Waals surface area (Å²) in [6.07, 6.45) is 0. The van der Waals surface area contributed by atoms with Gasteiger partial charge in [-0.05, 0) is 41.0 Å². The topological polar surface area (TPSA) is 18.1 Å². The number of hydrogen-bond donors (Lipinski definition) is 0. The molecule has 166 valence electrons. The third kappa shape index (κ3) is 2.25. The van der Waals surface area contributed by atoms with Crippen LogP contribution >= 0.6 is 0 Å². The zero-order valence-corrected chi connectivity index (χ0v) is 19.7. The Morgan fingerprint density at radius 1 is 0.657 bits per heavy atom. The molecule has 35 heavy (non-hydrogen) atoms. The lowest BCUT2D eigenvalue weighted by atomic mass is 9.81. The molecule has 8 rings (SSSR count). The first-order valence-electron chi connectivity index (χ1n) is 12.2. The lowest BCUT2D eigenvalue weighted by Crippen LogP contribution is -2.16. The predicted octanol–water partition coefficient (Wildman–Crippen LogP) is 8.99. The summed E-state index contributed by atoms with van der Waals surface area (Å²) in [6.45, 7) is 4.72. The van der Waals surface area contributed by atoms with Gasteiger partial charge in [-0.1, -0.05) is 92.7 Å². The van der Waals surface area contributed by atoms with Crippen molar-refractivity contribution in [3.8, 4) is 16.8 Å². The second-order valence-corrected chi connectivity index (χ2v) is 10.1. The van der Waals surface area contributed by atoms with Gasteiger partial charge in [0.05, 0.1) is 11.0 Å². The number of para-hydroxylation sites is 3. The van der Waals surface area contributed by atoms with Gasteiger partial charge in [0.25, 0.3) is 0 Å². The Morgan fingerprint density at radius 2 is 1.34 bits per heavy atom. The highest BCUT2D eigenvalue weighted by Crippen LogP contribution is 2.57. The van der Waals surface area contributed by atoms with Gasteiger partial charge in [0.2, 0.25) is 0 Å². The van der Waals surface area contributed by atoms with Crippen LogP contribution in [0.4, 0.5) is 0 Å². The maximum absolute atomic E-state index is 6.71. The Labute approximate surface area is 203 Å². The summed E-state index contributed by atoms with van der Waals surface area (Å²) in [5, 5.41) is 4.93. The fourth-order valence-corrected chi connectivity index (χ4v) is 6.52. The van der Waals surface area contributed by atoms with Gasteiger partial charge in [-0.2, -0.15) is 0 Å². The summed E-state index contributed by atoms with van der Waals surface area (Å²) < 4.78 is 9.18. The van der Waals surface area contributed by atoms with E-state index in [1.54, 1.807) is 0 Å². The van der Waals surface area contributed by atoms with Gasteiger partial charge in [-0.15, -0.1) is 0 Å². The summed E-state index contributed by atoms with van der Waals surface area (Å²) in [6, 6.07) is 36.9. The highest BCUT2D eigenvalue weighted by Gasteiger charge is 2.41. The molecule has 0 aliphatic heterocycles. The maximum Gasteiger partial charge on any atom is 0.144 e. The second kappa shape index (κ2) is 6.43. The minimum Gasteiger partial charge on any atom is -0.455 e. The summed E-state index contributed by atoms with van der Waals surface area (Å²) >= 11 is 0. The fraction of sp³-hybridized carbons (Fsp3) is 0.0909. The van der Waals surface area contributed by atoms with E-state index in [9.17, 15) is 0 Å². The van der Waals surface area contributed by atoms with Crippen LogP contribution in [0.2, 0.25) is 0 Å². The van der Waals surface area contributed by atoms with Crippen molar-refractivity contribution in [1.82, 2.24) is 4.57 Å². The van der Waals surface area contributed by atoms with Crippen LogP contribution in [0.5, 0.6) is 0 Å². The van der Waals surface area contributed by atoms with Crippen molar-refractivity contribution in [2.75, 3.05) is 0 Å². The van der Waals surface area contributed by atoms with Crippen LogP contribution in [0.3, 0.4) is 0 Å². The molecule has 0 N–H and O–H groups in total. The number of hydrogen-bond acceptors (Lipinski definition) is 1. The van der Waals surface area contributed by atoms with Gasteiger partial charge in [-0.3, -0.25) is 0 Å². The van der Waals surface area contributed by atoms with Crippen LogP contribution in [0.15, 0.2) is 108 Å². The third-order valence-electron chi connectivity index (χ3n) is 7.94. The van der Waals surface area contributed by atoms with E-state index < -0.39 is 0 Å². The molecule has 2 heteroatoms. The number of rotatable bonds is 1. The molecule has 0 spiro atoms. The number of nitrogens with zero attached hydrogens (tertiary/aromatic N) is 1. The molecule has 0 saturated heterocycles. The van der Waals surface area contributed by atoms with Crippen LogP contribution in [0.1, 0.15) is 25.0 Å². The molecule has 0 bridgehead atoms. The van der Waals surface area contributed by atoms with Crippen molar-refractivity contribution in [2.45, 2.75) is 19.3 Å². The van der Waals surface area contributed by atoms with E-state index in [1.807, 2.05) is 0 Å². The van der Waals surface area contributed by atoms with Crippen molar-refractivity contribution >= 4 is 43.7 Å². The summed E-state index contributed by atoms with van der Waals surface area (Å²) in [5.41, 5.74) is 10.7. The fourth-order valence-electron chi connectivity index (χ4n) is 6.52. The number of aromatic nitrogens is 1. The van der Waals surface area contributed by atoms with Crippen molar-refractivity contribution in [3.05, 3.63) is 114 Å². The molecule has 2 heterocycles. The first kappa shape index (κ1) is 19.1. The van der Waals surface area contributed by atoms with Crippen molar-refractivity contribution < 1.29 is 4.42 Å². The minimum atomic E-state index is -0.168. The molecule has 2 nitrogen and oxygen atoms in total. The molecule has 1 aliphatic rings. The van der Waals surface area contributed by atoms with Gasteiger partial charge < -0.3 is 8.98 Å². The van der Waals surface area contributed by atoms with Crippen molar-refractivity contribution in [3.63, 3.8) is 0 Å². The zero-order valence-electron chi connectivity index (χ0n) is 19.7. The lowest BCUT2D eigenvalue weighted by Gasteiger charge is -2.23. The molecule has 2 aromatic heterocycles. The van der Waals surface area contributed by atoms with Gasteiger partial charge in [0, 0.05) is 38.2 Å². The van der Waals surface area contributed by atoms with Gasteiger partial charge in [0.1, 0.15) is 11.2 Å². The highest BCUT2D eigenvalue weighted by atomic mass is 16.3.